The number of hydrogen-bond acceptors (Lipinski definition) is 4. The molecule has 1 amide bonds. The van der Waals surface area contributed by atoms with Crippen molar-refractivity contribution < 1.29 is 4.79 Å². The van der Waals surface area contributed by atoms with Crippen molar-refractivity contribution in [3.05, 3.63) is 0 Å². The van der Waals surface area contributed by atoms with E-state index in [0.29, 0.717) is 6.04 Å². The van der Waals surface area contributed by atoms with E-state index in [2.05, 4.69) is 22.2 Å². The van der Waals surface area contributed by atoms with Gasteiger partial charge in [0.05, 0.1) is 0 Å². The van der Waals surface area contributed by atoms with Gasteiger partial charge >= 0.3 is 0 Å². The van der Waals surface area contributed by atoms with E-state index in [-0.39, 0.29) is 17.9 Å². The Morgan fingerprint density at radius 2 is 1.70 bits per heavy atom. The predicted octanol–water partition coefficient (Wildman–Crippen LogP) is 1.18. The number of amides is 1. The van der Waals surface area contributed by atoms with Gasteiger partial charge < -0.3 is 20.9 Å². The largest absolute Gasteiger partial charge is 0.353 e. The van der Waals surface area contributed by atoms with Gasteiger partial charge in [-0.25, -0.2) is 0 Å². The van der Waals surface area contributed by atoms with Crippen molar-refractivity contribution in [2.24, 2.45) is 11.7 Å². The Labute approximate surface area is 140 Å². The van der Waals surface area contributed by atoms with Gasteiger partial charge in [0, 0.05) is 37.1 Å². The molecule has 3 fully saturated rings. The number of rotatable bonds is 3. The fourth-order valence-corrected chi connectivity index (χ4v) is 4.55. The Morgan fingerprint density at radius 3 is 2.35 bits per heavy atom. The maximum absolute atomic E-state index is 12.4. The van der Waals surface area contributed by atoms with Crippen LogP contribution in [0.2, 0.25) is 0 Å². The Morgan fingerprint density at radius 1 is 1.00 bits per heavy atom. The predicted molar refractivity (Wildman–Crippen MR) is 93.2 cm³/mol. The standard InChI is InChI=1S/C18H34N4O/c1-21-9-7-17(8-10-21)22-11-5-16(6-12-22)20-18(23)14-3-2-4-15(19)13-14/h14-17H,2-13,19H2,1H3,(H,20,23). The van der Waals surface area contributed by atoms with E-state index in [1.54, 1.807) is 0 Å². The number of nitrogens with two attached hydrogens (primary N) is 1. The average molecular weight is 322 g/mol. The Hall–Kier alpha value is -0.650. The molecule has 3 aliphatic rings. The van der Waals surface area contributed by atoms with Crippen LogP contribution in [0, 0.1) is 5.92 Å². The van der Waals surface area contributed by atoms with Crippen molar-refractivity contribution in [3.8, 4) is 0 Å². The molecule has 1 saturated carbocycles. The quantitative estimate of drug-likeness (QED) is 0.819. The summed E-state index contributed by atoms with van der Waals surface area (Å²) in [6, 6.07) is 1.37. The van der Waals surface area contributed by atoms with Crippen LogP contribution in [-0.4, -0.2) is 67.1 Å². The second-order valence-corrected chi connectivity index (χ2v) is 7.98. The zero-order valence-electron chi connectivity index (χ0n) is 14.7. The third kappa shape index (κ3) is 4.68. The van der Waals surface area contributed by atoms with Crippen molar-refractivity contribution in [1.82, 2.24) is 15.1 Å². The van der Waals surface area contributed by atoms with Crippen LogP contribution in [0.4, 0.5) is 0 Å². The summed E-state index contributed by atoms with van der Waals surface area (Å²) in [5, 5.41) is 3.31. The first-order valence-corrected chi connectivity index (χ1v) is 9.60. The Kier molecular flexibility index (Phi) is 5.94. The first-order chi connectivity index (χ1) is 11.1. The summed E-state index contributed by atoms with van der Waals surface area (Å²) in [7, 11) is 2.22. The van der Waals surface area contributed by atoms with Crippen molar-refractivity contribution in [2.45, 2.75) is 69.5 Å². The number of nitrogens with one attached hydrogen (secondary N) is 1. The molecule has 2 heterocycles. The van der Waals surface area contributed by atoms with Crippen LogP contribution in [0.25, 0.3) is 0 Å². The van der Waals surface area contributed by atoms with E-state index in [9.17, 15) is 4.79 Å². The van der Waals surface area contributed by atoms with E-state index in [4.69, 9.17) is 5.73 Å². The number of carbonyl (C=O) groups is 1. The van der Waals surface area contributed by atoms with Crippen LogP contribution in [0.15, 0.2) is 0 Å². The SMILES string of the molecule is CN1CCC(N2CCC(NC(=O)C3CCCC(N)C3)CC2)CC1. The lowest BCUT2D eigenvalue weighted by Gasteiger charge is -2.41. The molecule has 0 radical (unpaired) electrons. The summed E-state index contributed by atoms with van der Waals surface area (Å²) in [5.74, 6) is 0.420. The van der Waals surface area contributed by atoms with E-state index < -0.39 is 0 Å². The fourth-order valence-electron chi connectivity index (χ4n) is 4.55. The summed E-state index contributed by atoms with van der Waals surface area (Å²) in [6.07, 6.45) is 8.90. The van der Waals surface area contributed by atoms with Crippen LogP contribution >= 0.6 is 0 Å². The highest BCUT2D eigenvalue weighted by Gasteiger charge is 2.30. The second-order valence-electron chi connectivity index (χ2n) is 7.98. The molecule has 2 unspecified atom stereocenters. The maximum atomic E-state index is 12.4. The Bertz CT molecular complexity index is 386. The number of likely N-dealkylation sites (tertiary alicyclic amines) is 2. The minimum Gasteiger partial charge on any atom is -0.353 e. The van der Waals surface area contributed by atoms with Gasteiger partial charge in [0.2, 0.25) is 5.91 Å². The molecule has 3 rings (SSSR count). The van der Waals surface area contributed by atoms with E-state index in [1.807, 2.05) is 0 Å². The van der Waals surface area contributed by atoms with Crippen molar-refractivity contribution >= 4 is 5.91 Å². The number of hydrogen-bond donors (Lipinski definition) is 2. The minimum absolute atomic E-state index is 0.158. The second kappa shape index (κ2) is 7.95. The molecule has 2 saturated heterocycles. The van der Waals surface area contributed by atoms with Gasteiger partial charge in [0.25, 0.3) is 0 Å². The molecule has 1 aliphatic carbocycles. The van der Waals surface area contributed by atoms with Gasteiger partial charge in [-0.15, -0.1) is 0 Å². The lowest BCUT2D eigenvalue weighted by molar-refractivity contribution is -0.127. The molecule has 2 aliphatic heterocycles. The lowest BCUT2D eigenvalue weighted by atomic mass is 9.85. The van der Waals surface area contributed by atoms with E-state index in [1.165, 1.54) is 25.9 Å². The van der Waals surface area contributed by atoms with Gasteiger partial charge in [-0.2, -0.15) is 0 Å². The molecule has 132 valence electrons. The highest BCUT2D eigenvalue weighted by molar-refractivity contribution is 5.79. The number of carbonyl (C=O) groups excluding carboxylic acids is 1. The topological polar surface area (TPSA) is 61.6 Å². The smallest absolute Gasteiger partial charge is 0.223 e. The highest BCUT2D eigenvalue weighted by atomic mass is 16.1. The molecular weight excluding hydrogens is 288 g/mol. The van der Waals surface area contributed by atoms with Crippen molar-refractivity contribution in [3.63, 3.8) is 0 Å². The van der Waals surface area contributed by atoms with E-state index in [0.717, 1.165) is 57.7 Å². The van der Waals surface area contributed by atoms with Gasteiger partial charge in [-0.1, -0.05) is 6.42 Å². The third-order valence-electron chi connectivity index (χ3n) is 6.17. The summed E-state index contributed by atoms with van der Waals surface area (Å²) < 4.78 is 0. The maximum Gasteiger partial charge on any atom is 0.223 e. The fraction of sp³-hybridized carbons (Fsp3) is 0.944. The molecule has 0 spiro atoms. The van der Waals surface area contributed by atoms with E-state index >= 15 is 0 Å². The molecule has 2 atom stereocenters. The average Bonchev–Trinajstić information content (AvgIpc) is 2.56. The molecule has 23 heavy (non-hydrogen) atoms. The normalized spacial score (nSPS) is 32.8. The summed E-state index contributed by atoms with van der Waals surface area (Å²) in [6.45, 7) is 4.74. The molecule has 3 N–H and O–H groups in total. The monoisotopic (exact) mass is 322 g/mol. The molecule has 0 aromatic rings. The molecule has 0 bridgehead atoms. The molecule has 0 aromatic carbocycles. The first-order valence-electron chi connectivity index (χ1n) is 9.60. The van der Waals surface area contributed by atoms with Crippen molar-refractivity contribution in [2.75, 3.05) is 33.2 Å². The van der Waals surface area contributed by atoms with Gasteiger partial charge in [-0.3, -0.25) is 4.79 Å². The molecule has 0 aromatic heterocycles. The third-order valence-corrected chi connectivity index (χ3v) is 6.17. The van der Waals surface area contributed by atoms with Gasteiger partial charge in [-0.05, 0) is 65.1 Å². The van der Waals surface area contributed by atoms with Crippen LogP contribution in [0.5, 0.6) is 0 Å². The number of piperidine rings is 2. The van der Waals surface area contributed by atoms with Crippen molar-refractivity contribution in [1.29, 1.82) is 0 Å². The van der Waals surface area contributed by atoms with Crippen LogP contribution in [0.1, 0.15) is 51.4 Å². The van der Waals surface area contributed by atoms with Gasteiger partial charge in [0.15, 0.2) is 0 Å². The summed E-state index contributed by atoms with van der Waals surface area (Å²) in [4.78, 5) is 17.5. The zero-order chi connectivity index (χ0) is 16.2. The Balaban J connectivity index is 1.39. The highest BCUT2D eigenvalue weighted by Crippen LogP contribution is 2.25. The van der Waals surface area contributed by atoms with Crippen LogP contribution in [0.3, 0.4) is 0 Å². The zero-order valence-corrected chi connectivity index (χ0v) is 14.7. The summed E-state index contributed by atoms with van der Waals surface area (Å²) in [5.41, 5.74) is 6.02. The molecule has 5 nitrogen and oxygen atoms in total. The van der Waals surface area contributed by atoms with Crippen LogP contribution < -0.4 is 11.1 Å². The minimum atomic E-state index is 0.158. The molecule has 5 heteroatoms. The first kappa shape index (κ1) is 17.2. The van der Waals surface area contributed by atoms with Gasteiger partial charge in [0.1, 0.15) is 0 Å². The number of nitrogens with zero attached hydrogens (tertiary/aromatic N) is 2. The lowest BCUT2D eigenvalue weighted by Crippen LogP contribution is -2.51. The summed E-state index contributed by atoms with van der Waals surface area (Å²) >= 11 is 0. The van der Waals surface area contributed by atoms with Crippen LogP contribution in [-0.2, 0) is 4.79 Å². The molecular formula is C18H34N4O.